The second-order valence-electron chi connectivity index (χ2n) is 2.89. The highest BCUT2D eigenvalue weighted by atomic mass is 32.2. The normalized spacial score (nSPS) is 12.2. The lowest BCUT2D eigenvalue weighted by Crippen LogP contribution is -2.30. The third-order valence-electron chi connectivity index (χ3n) is 1.56. The Kier molecular flexibility index (Phi) is 3.05. The second-order valence-corrected chi connectivity index (χ2v) is 5.22. The van der Waals surface area contributed by atoms with Crippen LogP contribution in [-0.2, 0) is 16.6 Å². The van der Waals surface area contributed by atoms with Crippen LogP contribution in [0.1, 0.15) is 19.6 Å². The predicted octanol–water partition coefficient (Wildman–Crippen LogP) is 0.502. The average molecular weight is 204 g/mol. The maximum Gasteiger partial charge on any atom is 0.214 e. The van der Waals surface area contributed by atoms with E-state index in [2.05, 4.69) is 9.88 Å². The minimum absolute atomic E-state index is 0.153. The fourth-order valence-corrected chi connectivity index (χ4v) is 1.35. The Balaban J connectivity index is 2.53. The molecule has 1 rings (SSSR count). The summed E-state index contributed by atoms with van der Waals surface area (Å²) in [6.45, 7) is 3.38. The number of hydrogen-bond donors (Lipinski definition) is 1. The van der Waals surface area contributed by atoms with Gasteiger partial charge in [0.05, 0.1) is 18.0 Å². The molecule has 0 aliphatic carbocycles. The lowest BCUT2D eigenvalue weighted by molar-refractivity contribution is 0.380. The Morgan fingerprint density at radius 3 is 2.77 bits per heavy atom. The Labute approximate surface area is 77.2 Å². The molecule has 0 fully saturated rings. The predicted molar refractivity (Wildman–Crippen MR) is 47.4 cm³/mol. The first-order valence-corrected chi connectivity index (χ1v) is 5.45. The molecule has 5 nitrogen and oxygen atoms in total. The van der Waals surface area contributed by atoms with Gasteiger partial charge in [0.25, 0.3) is 0 Å². The van der Waals surface area contributed by atoms with Gasteiger partial charge in [0.15, 0.2) is 5.76 Å². The van der Waals surface area contributed by atoms with Gasteiger partial charge in [-0.25, -0.2) is 13.1 Å². The first-order valence-electron chi connectivity index (χ1n) is 3.90. The van der Waals surface area contributed by atoms with E-state index < -0.39 is 15.3 Å². The lowest BCUT2D eigenvalue weighted by Gasteiger charge is -2.06. The van der Waals surface area contributed by atoms with Crippen molar-refractivity contribution in [2.45, 2.75) is 25.6 Å². The van der Waals surface area contributed by atoms with Crippen LogP contribution < -0.4 is 4.72 Å². The molecule has 13 heavy (non-hydrogen) atoms. The maximum absolute atomic E-state index is 11.3. The summed E-state index contributed by atoms with van der Waals surface area (Å²) in [5.41, 5.74) is 0. The molecule has 0 saturated carbocycles. The first kappa shape index (κ1) is 10.2. The third-order valence-corrected chi connectivity index (χ3v) is 3.35. The van der Waals surface area contributed by atoms with Gasteiger partial charge in [-0.15, -0.1) is 0 Å². The van der Waals surface area contributed by atoms with Gasteiger partial charge in [-0.2, -0.15) is 0 Å². The summed E-state index contributed by atoms with van der Waals surface area (Å²) < 4.78 is 29.6. The second kappa shape index (κ2) is 3.89. The monoisotopic (exact) mass is 204 g/mol. The van der Waals surface area contributed by atoms with E-state index in [1.54, 1.807) is 19.9 Å². The quantitative estimate of drug-likeness (QED) is 0.775. The average Bonchev–Trinajstić information content (AvgIpc) is 2.52. The van der Waals surface area contributed by atoms with E-state index in [1.165, 1.54) is 6.20 Å². The zero-order valence-electron chi connectivity index (χ0n) is 7.52. The van der Waals surface area contributed by atoms with Crippen molar-refractivity contribution in [3.05, 3.63) is 18.0 Å². The van der Waals surface area contributed by atoms with Crippen LogP contribution in [0.3, 0.4) is 0 Å². The Hall–Kier alpha value is -0.880. The molecule has 0 radical (unpaired) electrons. The molecule has 1 heterocycles. The third kappa shape index (κ3) is 2.82. The van der Waals surface area contributed by atoms with Gasteiger partial charge in [-0.3, -0.25) is 0 Å². The Bertz CT molecular complexity index is 342. The van der Waals surface area contributed by atoms with Crippen LogP contribution in [0.4, 0.5) is 0 Å². The van der Waals surface area contributed by atoms with E-state index in [1.807, 2.05) is 0 Å². The summed E-state index contributed by atoms with van der Waals surface area (Å²) in [7, 11) is -3.21. The minimum atomic E-state index is -3.21. The topological polar surface area (TPSA) is 72.2 Å². The summed E-state index contributed by atoms with van der Waals surface area (Å²) in [5, 5.41) is 3.02. The van der Waals surface area contributed by atoms with E-state index >= 15 is 0 Å². The molecule has 0 atom stereocenters. The smallest absolute Gasteiger partial charge is 0.214 e. The van der Waals surface area contributed by atoms with Crippen molar-refractivity contribution in [3.63, 3.8) is 0 Å². The molecule has 0 saturated heterocycles. The van der Waals surface area contributed by atoms with Gasteiger partial charge in [-0.05, 0) is 13.8 Å². The van der Waals surface area contributed by atoms with Crippen LogP contribution in [0.15, 0.2) is 16.8 Å². The van der Waals surface area contributed by atoms with E-state index in [-0.39, 0.29) is 6.54 Å². The van der Waals surface area contributed by atoms with Gasteiger partial charge in [0.1, 0.15) is 0 Å². The summed E-state index contributed by atoms with van der Waals surface area (Å²) in [6.07, 6.45) is 1.47. The number of rotatable bonds is 4. The van der Waals surface area contributed by atoms with Crippen molar-refractivity contribution in [1.82, 2.24) is 9.88 Å². The molecule has 1 N–H and O–H groups in total. The van der Waals surface area contributed by atoms with Crippen molar-refractivity contribution in [2.24, 2.45) is 0 Å². The molecule has 1 aromatic rings. The molecule has 1 aromatic heterocycles. The summed E-state index contributed by atoms with van der Waals surface area (Å²) >= 11 is 0. The number of nitrogens with zero attached hydrogens (tertiary/aromatic N) is 1. The molecular formula is C7H12N2O3S. The minimum Gasteiger partial charge on any atom is -0.360 e. The molecule has 74 valence electrons. The van der Waals surface area contributed by atoms with Gasteiger partial charge in [0.2, 0.25) is 10.0 Å². The van der Waals surface area contributed by atoms with Crippen LogP contribution in [0, 0.1) is 0 Å². The van der Waals surface area contributed by atoms with Crippen LogP contribution in [0.5, 0.6) is 0 Å². The molecule has 0 amide bonds. The molecule has 6 heteroatoms. The number of nitrogens with one attached hydrogen (secondary N) is 1. The number of sulfonamides is 1. The molecule has 0 aromatic carbocycles. The van der Waals surface area contributed by atoms with E-state index in [0.29, 0.717) is 5.76 Å². The van der Waals surface area contributed by atoms with Crippen molar-refractivity contribution < 1.29 is 12.9 Å². The molecule has 0 spiro atoms. The highest BCUT2D eigenvalue weighted by Gasteiger charge is 2.15. The first-order chi connectivity index (χ1) is 6.02. The van der Waals surface area contributed by atoms with Gasteiger partial charge in [0, 0.05) is 6.07 Å². The summed E-state index contributed by atoms with van der Waals surface area (Å²) in [4.78, 5) is 0. The molecule has 0 unspecified atom stereocenters. The van der Waals surface area contributed by atoms with E-state index in [4.69, 9.17) is 4.52 Å². The SMILES string of the molecule is CC(C)S(=O)(=O)NCc1ccno1. The van der Waals surface area contributed by atoms with Crippen molar-refractivity contribution >= 4 is 10.0 Å². The molecule has 0 bridgehead atoms. The van der Waals surface area contributed by atoms with Gasteiger partial charge in [-0.1, -0.05) is 5.16 Å². The van der Waals surface area contributed by atoms with Crippen molar-refractivity contribution in [2.75, 3.05) is 0 Å². The van der Waals surface area contributed by atoms with Crippen LogP contribution >= 0.6 is 0 Å². The summed E-state index contributed by atoms with van der Waals surface area (Å²) in [5.74, 6) is 0.504. The van der Waals surface area contributed by atoms with Gasteiger partial charge >= 0.3 is 0 Å². The lowest BCUT2D eigenvalue weighted by atomic mass is 10.5. The van der Waals surface area contributed by atoms with E-state index in [9.17, 15) is 8.42 Å². The largest absolute Gasteiger partial charge is 0.360 e. The highest BCUT2D eigenvalue weighted by molar-refractivity contribution is 7.90. The fraction of sp³-hybridized carbons (Fsp3) is 0.571. The summed E-state index contributed by atoms with van der Waals surface area (Å²) in [6, 6.07) is 1.61. The molecule has 0 aliphatic rings. The molecular weight excluding hydrogens is 192 g/mol. The Morgan fingerprint density at radius 2 is 2.31 bits per heavy atom. The zero-order valence-corrected chi connectivity index (χ0v) is 8.34. The standard InChI is InChI=1S/C7H12N2O3S/c1-6(2)13(10,11)9-5-7-3-4-8-12-7/h3-4,6,9H,5H2,1-2H3. The highest BCUT2D eigenvalue weighted by Crippen LogP contribution is 2.00. The zero-order chi connectivity index (χ0) is 9.90. The Morgan fingerprint density at radius 1 is 1.62 bits per heavy atom. The number of aromatic nitrogens is 1. The van der Waals surface area contributed by atoms with Crippen LogP contribution in [-0.4, -0.2) is 18.8 Å². The van der Waals surface area contributed by atoms with Crippen molar-refractivity contribution in [3.8, 4) is 0 Å². The van der Waals surface area contributed by atoms with E-state index in [0.717, 1.165) is 0 Å². The number of hydrogen-bond acceptors (Lipinski definition) is 4. The van der Waals surface area contributed by atoms with Gasteiger partial charge < -0.3 is 4.52 Å². The van der Waals surface area contributed by atoms with Crippen LogP contribution in [0.2, 0.25) is 0 Å². The maximum atomic E-state index is 11.3. The fourth-order valence-electron chi connectivity index (χ4n) is 0.672. The van der Waals surface area contributed by atoms with Crippen molar-refractivity contribution in [1.29, 1.82) is 0 Å². The van der Waals surface area contributed by atoms with Crippen LogP contribution in [0.25, 0.3) is 0 Å². The molecule has 0 aliphatic heterocycles.